The van der Waals surface area contributed by atoms with Crippen LogP contribution in [0.5, 0.6) is 0 Å². The highest BCUT2D eigenvalue weighted by Crippen LogP contribution is 2.17. The topological polar surface area (TPSA) is 104 Å². The average Bonchev–Trinajstić information content (AvgIpc) is 2.74. The largest absolute Gasteiger partial charge is 0.326 e. The molecule has 0 fully saturated rings. The van der Waals surface area contributed by atoms with Gasteiger partial charge in [0.05, 0.1) is 17.4 Å². The second kappa shape index (κ2) is 9.40. The van der Waals surface area contributed by atoms with Crippen LogP contribution < -0.4 is 16.0 Å². The molecular formula is C23H20ClN7O. The van der Waals surface area contributed by atoms with Gasteiger partial charge in [-0.3, -0.25) is 10.3 Å². The van der Waals surface area contributed by atoms with Gasteiger partial charge in [-0.2, -0.15) is 4.99 Å². The highest BCUT2D eigenvalue weighted by Gasteiger charge is 2.10. The molecule has 2 heterocycles. The number of hydrogen-bond acceptors (Lipinski definition) is 5. The van der Waals surface area contributed by atoms with Gasteiger partial charge in [-0.25, -0.2) is 14.8 Å². The maximum Gasteiger partial charge on any atom is 0.326 e. The molecule has 0 radical (unpaired) electrons. The Labute approximate surface area is 189 Å². The van der Waals surface area contributed by atoms with Gasteiger partial charge >= 0.3 is 6.03 Å². The van der Waals surface area contributed by atoms with E-state index < -0.39 is 6.03 Å². The minimum Gasteiger partial charge on any atom is -0.324 e. The monoisotopic (exact) mass is 445 g/mol. The summed E-state index contributed by atoms with van der Waals surface area (Å²) in [5.41, 5.74) is 3.64. The number of pyridine rings is 1. The number of carbonyl (C=O) groups excluding carboxylic acids is 1. The van der Waals surface area contributed by atoms with Gasteiger partial charge in [-0.05, 0) is 56.3 Å². The first kappa shape index (κ1) is 21.2. The average molecular weight is 446 g/mol. The molecule has 2 aromatic heterocycles. The Kier molecular flexibility index (Phi) is 6.23. The Balaban J connectivity index is 1.61. The number of amides is 2. The van der Waals surface area contributed by atoms with Crippen LogP contribution in [0.1, 0.15) is 11.4 Å². The highest BCUT2D eigenvalue weighted by molar-refractivity contribution is 6.30. The number of rotatable bonds is 3. The summed E-state index contributed by atoms with van der Waals surface area (Å²) < 4.78 is 0. The summed E-state index contributed by atoms with van der Waals surface area (Å²) in [5.74, 6) is 0.379. The van der Waals surface area contributed by atoms with Crippen molar-refractivity contribution in [2.45, 2.75) is 13.8 Å². The zero-order chi connectivity index (χ0) is 22.5. The molecule has 8 nitrogen and oxygen atoms in total. The minimum atomic E-state index is -0.489. The maximum absolute atomic E-state index is 12.6. The van der Waals surface area contributed by atoms with E-state index in [1.165, 1.54) is 0 Å². The van der Waals surface area contributed by atoms with Crippen LogP contribution in [-0.2, 0) is 0 Å². The van der Waals surface area contributed by atoms with Crippen molar-refractivity contribution in [3.8, 4) is 0 Å². The quantitative estimate of drug-likeness (QED) is 0.296. The molecule has 0 aliphatic heterocycles. The van der Waals surface area contributed by atoms with E-state index in [1.54, 1.807) is 30.5 Å². The van der Waals surface area contributed by atoms with Crippen molar-refractivity contribution in [1.29, 1.82) is 0 Å². The zero-order valence-corrected chi connectivity index (χ0v) is 18.2. The molecule has 32 heavy (non-hydrogen) atoms. The molecule has 0 unspecified atom stereocenters. The number of nitrogens with one attached hydrogen (secondary N) is 3. The third-order valence-electron chi connectivity index (χ3n) is 4.37. The molecule has 0 aliphatic carbocycles. The molecule has 4 aromatic rings. The molecule has 2 amide bonds. The highest BCUT2D eigenvalue weighted by atomic mass is 35.5. The van der Waals surface area contributed by atoms with Crippen LogP contribution in [0.4, 0.5) is 22.1 Å². The van der Waals surface area contributed by atoms with Gasteiger partial charge in [0.25, 0.3) is 5.95 Å². The summed E-state index contributed by atoms with van der Waals surface area (Å²) in [6.45, 7) is 3.71. The fraction of sp³-hybridized carbons (Fsp3) is 0.0870. The number of halogens is 1. The number of aliphatic imine (C=N–C) groups is 1. The van der Waals surface area contributed by atoms with Crippen LogP contribution in [0, 0.1) is 13.8 Å². The van der Waals surface area contributed by atoms with Gasteiger partial charge in [0.15, 0.2) is 0 Å². The van der Waals surface area contributed by atoms with Crippen molar-refractivity contribution in [3.63, 3.8) is 0 Å². The molecule has 0 bridgehead atoms. The summed E-state index contributed by atoms with van der Waals surface area (Å²) in [7, 11) is 0. The molecule has 2 aromatic carbocycles. The molecule has 3 N–H and O–H groups in total. The fourth-order valence-electron chi connectivity index (χ4n) is 3.02. The van der Waals surface area contributed by atoms with E-state index in [0.717, 1.165) is 22.3 Å². The molecule has 0 spiro atoms. The summed E-state index contributed by atoms with van der Waals surface area (Å²) in [4.78, 5) is 30.1. The number of anilines is 2. The summed E-state index contributed by atoms with van der Waals surface area (Å²) in [6.07, 6.45) is 1.67. The third kappa shape index (κ3) is 5.55. The van der Waals surface area contributed by atoms with Gasteiger partial charge in [-0.15, -0.1) is 0 Å². The van der Waals surface area contributed by atoms with Crippen molar-refractivity contribution >= 4 is 51.8 Å². The lowest BCUT2D eigenvalue weighted by Gasteiger charge is -2.13. The number of urea groups is 1. The molecular weight excluding hydrogens is 426 g/mol. The molecule has 4 rings (SSSR count). The van der Waals surface area contributed by atoms with Gasteiger partial charge in [0.1, 0.15) is 0 Å². The number of aromatic nitrogens is 3. The summed E-state index contributed by atoms with van der Waals surface area (Å²) in [6, 6.07) is 17.8. The lowest BCUT2D eigenvalue weighted by atomic mass is 10.2. The Morgan fingerprint density at radius 3 is 2.38 bits per heavy atom. The van der Waals surface area contributed by atoms with Gasteiger partial charge in [0.2, 0.25) is 5.96 Å². The van der Waals surface area contributed by atoms with Crippen molar-refractivity contribution in [2.75, 3.05) is 10.6 Å². The summed E-state index contributed by atoms with van der Waals surface area (Å²) in [5, 5.41) is 10.1. The van der Waals surface area contributed by atoms with Gasteiger partial charge in [-0.1, -0.05) is 29.8 Å². The number of aryl methyl sites for hydroxylation is 2. The first-order valence-corrected chi connectivity index (χ1v) is 10.2. The van der Waals surface area contributed by atoms with Crippen LogP contribution in [0.25, 0.3) is 10.9 Å². The van der Waals surface area contributed by atoms with E-state index in [2.05, 4.69) is 35.9 Å². The van der Waals surface area contributed by atoms with Crippen molar-refractivity contribution < 1.29 is 4.79 Å². The lowest BCUT2D eigenvalue weighted by Crippen LogP contribution is -2.38. The SMILES string of the molecule is Cc1cc(C)nc(/N=C(/NC(=O)Nc2ccc(Cl)cc2)Nc2cnc3ccccc3c2)n1. The van der Waals surface area contributed by atoms with Crippen LogP contribution >= 0.6 is 11.6 Å². The second-order valence-corrected chi connectivity index (χ2v) is 7.48. The number of para-hydroxylation sites is 1. The molecule has 160 valence electrons. The predicted molar refractivity (Wildman–Crippen MR) is 128 cm³/mol. The first-order valence-electron chi connectivity index (χ1n) is 9.81. The molecule has 0 saturated heterocycles. The standard InChI is InChI=1S/C23H20ClN7O/c1-14-11-15(2)27-21(26-14)30-22(31-23(32)29-18-9-7-17(24)8-10-18)28-19-12-16-5-3-4-6-20(16)25-13-19/h3-13H,1-2H3,(H3,26,27,28,29,30,31,32). The summed E-state index contributed by atoms with van der Waals surface area (Å²) >= 11 is 5.90. The van der Waals surface area contributed by atoms with Gasteiger partial charge in [0, 0.05) is 27.5 Å². The Hall–Kier alpha value is -4.04. The number of guanidine groups is 1. The van der Waals surface area contributed by atoms with Gasteiger partial charge < -0.3 is 10.6 Å². The van der Waals surface area contributed by atoms with E-state index in [0.29, 0.717) is 16.4 Å². The van der Waals surface area contributed by atoms with Crippen molar-refractivity contribution in [3.05, 3.63) is 83.3 Å². The smallest absolute Gasteiger partial charge is 0.324 e. The molecule has 9 heteroatoms. The number of benzene rings is 2. The van der Waals surface area contributed by atoms with E-state index >= 15 is 0 Å². The van der Waals surface area contributed by atoms with Crippen LogP contribution in [0.3, 0.4) is 0 Å². The molecule has 0 atom stereocenters. The molecule has 0 aliphatic rings. The first-order chi connectivity index (χ1) is 15.4. The molecule has 0 saturated carbocycles. The number of nitrogens with zero attached hydrogens (tertiary/aromatic N) is 4. The predicted octanol–water partition coefficient (Wildman–Crippen LogP) is 5.22. The van der Waals surface area contributed by atoms with E-state index in [-0.39, 0.29) is 11.9 Å². The maximum atomic E-state index is 12.6. The Morgan fingerprint density at radius 2 is 1.62 bits per heavy atom. The zero-order valence-electron chi connectivity index (χ0n) is 17.4. The second-order valence-electron chi connectivity index (χ2n) is 7.04. The van der Waals surface area contributed by atoms with Crippen LogP contribution in [0.15, 0.2) is 71.9 Å². The number of fused-ring (bicyclic) bond motifs is 1. The normalized spacial score (nSPS) is 11.3. The Morgan fingerprint density at radius 1 is 0.906 bits per heavy atom. The Bertz CT molecular complexity index is 1290. The third-order valence-corrected chi connectivity index (χ3v) is 4.62. The fourth-order valence-corrected chi connectivity index (χ4v) is 3.15. The minimum absolute atomic E-state index is 0.151. The number of hydrogen-bond donors (Lipinski definition) is 3. The van der Waals surface area contributed by atoms with E-state index in [4.69, 9.17) is 11.6 Å². The van der Waals surface area contributed by atoms with Crippen molar-refractivity contribution in [2.24, 2.45) is 4.99 Å². The lowest BCUT2D eigenvalue weighted by molar-refractivity contribution is 0.256. The number of carbonyl (C=O) groups is 1. The van der Waals surface area contributed by atoms with Crippen LogP contribution in [0.2, 0.25) is 5.02 Å². The van der Waals surface area contributed by atoms with E-state index in [9.17, 15) is 4.79 Å². The van der Waals surface area contributed by atoms with E-state index in [1.807, 2.05) is 50.2 Å². The van der Waals surface area contributed by atoms with Crippen molar-refractivity contribution in [1.82, 2.24) is 20.3 Å². The van der Waals surface area contributed by atoms with Crippen LogP contribution in [-0.4, -0.2) is 26.9 Å².